The van der Waals surface area contributed by atoms with Gasteiger partial charge in [-0.2, -0.15) is 9.57 Å². The van der Waals surface area contributed by atoms with Crippen LogP contribution >= 0.6 is 27.5 Å². The molecule has 2 aromatic rings. The molecule has 1 aliphatic heterocycles. The Balaban J connectivity index is 1.52. The fraction of sp³-hybridized carbons (Fsp3) is 0.316. The second kappa shape index (κ2) is 9.25. The van der Waals surface area contributed by atoms with E-state index >= 15 is 0 Å². The topological polar surface area (TPSA) is 73.6 Å². The van der Waals surface area contributed by atoms with Crippen LogP contribution in [0.3, 0.4) is 0 Å². The van der Waals surface area contributed by atoms with Crippen molar-refractivity contribution in [3.63, 3.8) is 0 Å². The highest BCUT2D eigenvalue weighted by Gasteiger charge is 2.30. The molecule has 0 saturated carbocycles. The van der Waals surface area contributed by atoms with E-state index in [1.54, 1.807) is 30.3 Å². The number of benzene rings is 2. The van der Waals surface area contributed by atoms with Gasteiger partial charge >= 0.3 is 0 Å². The first-order chi connectivity index (χ1) is 13.4. The molecule has 1 heterocycles. The predicted molar refractivity (Wildman–Crippen MR) is 111 cm³/mol. The quantitative estimate of drug-likeness (QED) is 0.629. The van der Waals surface area contributed by atoms with Gasteiger partial charge in [-0.05, 0) is 36.4 Å². The minimum atomic E-state index is -3.61. The average Bonchev–Trinajstić information content (AvgIpc) is 2.68. The third kappa shape index (κ3) is 5.04. The molecule has 6 nitrogen and oxygen atoms in total. The molecule has 0 amide bonds. The molecule has 28 heavy (non-hydrogen) atoms. The summed E-state index contributed by atoms with van der Waals surface area (Å²) in [6, 6.07) is 13.9. The number of nitriles is 1. The van der Waals surface area contributed by atoms with Crippen LogP contribution in [0.1, 0.15) is 5.56 Å². The van der Waals surface area contributed by atoms with Gasteiger partial charge < -0.3 is 4.74 Å². The first-order valence-electron chi connectivity index (χ1n) is 8.70. The number of rotatable bonds is 6. The van der Waals surface area contributed by atoms with E-state index in [-0.39, 0.29) is 9.92 Å². The lowest BCUT2D eigenvalue weighted by molar-refractivity contribution is 0.159. The van der Waals surface area contributed by atoms with E-state index in [4.69, 9.17) is 21.6 Å². The van der Waals surface area contributed by atoms with Gasteiger partial charge in [-0.3, -0.25) is 4.90 Å². The molecule has 1 fully saturated rings. The Morgan fingerprint density at radius 1 is 1.14 bits per heavy atom. The van der Waals surface area contributed by atoms with Gasteiger partial charge in [0.1, 0.15) is 17.3 Å². The molecule has 0 bridgehead atoms. The highest BCUT2D eigenvalue weighted by Crippen LogP contribution is 2.28. The highest BCUT2D eigenvalue weighted by atomic mass is 79.9. The summed E-state index contributed by atoms with van der Waals surface area (Å²) in [5, 5.41) is 9.13. The van der Waals surface area contributed by atoms with Gasteiger partial charge in [-0.1, -0.05) is 33.6 Å². The summed E-state index contributed by atoms with van der Waals surface area (Å²) in [7, 11) is -3.61. The van der Waals surface area contributed by atoms with Crippen LogP contribution in [0.4, 0.5) is 0 Å². The maximum absolute atomic E-state index is 12.8. The third-order valence-corrected chi connectivity index (χ3v) is 7.36. The molecule has 2 aromatic carbocycles. The Bertz CT molecular complexity index is 986. The van der Waals surface area contributed by atoms with Gasteiger partial charge in [0, 0.05) is 37.2 Å². The zero-order valence-corrected chi connectivity index (χ0v) is 18.2. The van der Waals surface area contributed by atoms with Crippen molar-refractivity contribution in [2.24, 2.45) is 0 Å². The minimum absolute atomic E-state index is 0.131. The van der Waals surface area contributed by atoms with Gasteiger partial charge in [0.2, 0.25) is 10.0 Å². The zero-order chi connectivity index (χ0) is 20.1. The summed E-state index contributed by atoms with van der Waals surface area (Å²) < 4.78 is 33.6. The standard InChI is InChI=1S/C19H19BrClN3O3S/c20-16-4-5-19(18(21)13-16)28(25,26)24-8-6-23(7-9-24)10-11-27-17-3-1-2-15(12-17)14-22/h1-5,12-13H,6-11H2. The van der Waals surface area contributed by atoms with Gasteiger partial charge in [0.25, 0.3) is 0 Å². The van der Waals surface area contributed by atoms with E-state index in [2.05, 4.69) is 26.9 Å². The van der Waals surface area contributed by atoms with Gasteiger partial charge in [-0.15, -0.1) is 0 Å². The molecule has 0 radical (unpaired) electrons. The van der Waals surface area contributed by atoms with E-state index in [0.29, 0.717) is 50.6 Å². The lowest BCUT2D eigenvalue weighted by Crippen LogP contribution is -2.49. The molecule has 3 rings (SSSR count). The molecule has 0 N–H and O–H groups in total. The summed E-state index contributed by atoms with van der Waals surface area (Å²) in [6.07, 6.45) is 0. The molecule has 0 aromatic heterocycles. The maximum Gasteiger partial charge on any atom is 0.244 e. The van der Waals surface area contributed by atoms with Gasteiger partial charge in [0.05, 0.1) is 16.7 Å². The second-order valence-corrected chi connectivity index (χ2v) is 9.54. The number of hydrogen-bond donors (Lipinski definition) is 0. The smallest absolute Gasteiger partial charge is 0.244 e. The van der Waals surface area contributed by atoms with Gasteiger partial charge in [0.15, 0.2) is 0 Å². The Hall–Kier alpha value is -1.63. The van der Waals surface area contributed by atoms with Crippen molar-refractivity contribution in [3.8, 4) is 11.8 Å². The fourth-order valence-corrected chi connectivity index (χ4v) is 5.40. The van der Waals surface area contributed by atoms with Crippen LogP contribution in [-0.4, -0.2) is 57.0 Å². The van der Waals surface area contributed by atoms with E-state index in [9.17, 15) is 8.42 Å². The Morgan fingerprint density at radius 2 is 1.89 bits per heavy atom. The van der Waals surface area contributed by atoms with E-state index in [1.807, 2.05) is 6.07 Å². The van der Waals surface area contributed by atoms with Crippen LogP contribution in [0, 0.1) is 11.3 Å². The van der Waals surface area contributed by atoms with Gasteiger partial charge in [-0.25, -0.2) is 8.42 Å². The number of piperazine rings is 1. The van der Waals surface area contributed by atoms with Crippen molar-refractivity contribution in [2.45, 2.75) is 4.90 Å². The average molecular weight is 485 g/mol. The largest absolute Gasteiger partial charge is 0.492 e. The molecular weight excluding hydrogens is 466 g/mol. The van der Waals surface area contributed by atoms with Crippen molar-refractivity contribution in [2.75, 3.05) is 39.3 Å². The molecule has 0 atom stereocenters. The predicted octanol–water partition coefficient (Wildman–Crippen LogP) is 3.36. The molecule has 9 heteroatoms. The lowest BCUT2D eigenvalue weighted by Gasteiger charge is -2.34. The summed E-state index contributed by atoms with van der Waals surface area (Å²) in [6.45, 7) is 3.20. The molecule has 0 aliphatic carbocycles. The van der Waals surface area contributed by atoms with Crippen LogP contribution in [0.5, 0.6) is 5.75 Å². The van der Waals surface area contributed by atoms with Crippen LogP contribution in [0.2, 0.25) is 5.02 Å². The lowest BCUT2D eigenvalue weighted by atomic mass is 10.2. The summed E-state index contributed by atoms with van der Waals surface area (Å²) in [5.41, 5.74) is 0.558. The molecule has 1 aliphatic rings. The minimum Gasteiger partial charge on any atom is -0.492 e. The molecule has 0 spiro atoms. The van der Waals surface area contributed by atoms with Crippen LogP contribution in [-0.2, 0) is 10.0 Å². The number of hydrogen-bond acceptors (Lipinski definition) is 5. The van der Waals surface area contributed by atoms with Crippen LogP contribution < -0.4 is 4.74 Å². The first-order valence-corrected chi connectivity index (χ1v) is 11.3. The van der Waals surface area contributed by atoms with Crippen molar-refractivity contribution >= 4 is 37.6 Å². The number of sulfonamides is 1. The SMILES string of the molecule is N#Cc1cccc(OCCN2CCN(S(=O)(=O)c3ccc(Br)cc3Cl)CC2)c1. The number of nitrogens with zero attached hydrogens (tertiary/aromatic N) is 3. The fourth-order valence-electron chi connectivity index (χ4n) is 2.97. The van der Waals surface area contributed by atoms with Crippen molar-refractivity contribution in [1.82, 2.24) is 9.21 Å². The molecular formula is C19H19BrClN3O3S. The van der Waals surface area contributed by atoms with E-state index < -0.39 is 10.0 Å². The molecule has 0 unspecified atom stereocenters. The van der Waals surface area contributed by atoms with Crippen LogP contribution in [0.25, 0.3) is 0 Å². The Labute approximate surface area is 178 Å². The Kier molecular flexibility index (Phi) is 6.96. The Morgan fingerprint density at radius 3 is 2.57 bits per heavy atom. The van der Waals surface area contributed by atoms with Crippen molar-refractivity contribution in [3.05, 3.63) is 57.5 Å². The normalized spacial score (nSPS) is 15.9. The maximum atomic E-state index is 12.8. The molecule has 1 saturated heterocycles. The van der Waals surface area contributed by atoms with Crippen LogP contribution in [0.15, 0.2) is 51.8 Å². The second-order valence-electron chi connectivity index (χ2n) is 6.31. The third-order valence-electron chi connectivity index (χ3n) is 4.48. The zero-order valence-electron chi connectivity index (χ0n) is 15.0. The van der Waals surface area contributed by atoms with Crippen molar-refractivity contribution in [1.29, 1.82) is 5.26 Å². The molecule has 148 valence electrons. The van der Waals surface area contributed by atoms with Crippen molar-refractivity contribution < 1.29 is 13.2 Å². The summed E-state index contributed by atoms with van der Waals surface area (Å²) >= 11 is 9.42. The highest BCUT2D eigenvalue weighted by molar-refractivity contribution is 9.10. The first kappa shape index (κ1) is 21.1. The van der Waals surface area contributed by atoms with E-state index in [1.165, 1.54) is 10.4 Å². The number of ether oxygens (including phenoxy) is 1. The van der Waals surface area contributed by atoms with E-state index in [0.717, 1.165) is 4.47 Å². The summed E-state index contributed by atoms with van der Waals surface area (Å²) in [4.78, 5) is 2.29. The summed E-state index contributed by atoms with van der Waals surface area (Å²) in [5.74, 6) is 0.658. The monoisotopic (exact) mass is 483 g/mol. The number of halogens is 2.